The molecule has 1 aromatic carbocycles. The number of nitrogens with two attached hydrogens (primary N) is 1. The molecule has 0 radical (unpaired) electrons. The van der Waals surface area contributed by atoms with Gasteiger partial charge in [0, 0.05) is 11.6 Å². The van der Waals surface area contributed by atoms with Crippen molar-refractivity contribution < 1.29 is 9.84 Å². The van der Waals surface area contributed by atoms with Gasteiger partial charge in [0.15, 0.2) is 0 Å². The summed E-state index contributed by atoms with van der Waals surface area (Å²) in [6.45, 7) is 0.246. The minimum absolute atomic E-state index is 0.167. The highest BCUT2D eigenvalue weighted by Gasteiger charge is 2.25. The van der Waals surface area contributed by atoms with Crippen LogP contribution in [0.3, 0.4) is 0 Å². The molecule has 3 nitrogen and oxygen atoms in total. The average molecular weight is 242 g/mol. The number of anilines is 1. The first-order chi connectivity index (χ1) is 7.69. The maximum atomic E-state index is 9.04. The molecule has 1 aromatic rings. The summed E-state index contributed by atoms with van der Waals surface area (Å²) in [6, 6.07) is 5.25. The maximum absolute atomic E-state index is 9.04. The number of benzene rings is 1. The van der Waals surface area contributed by atoms with Gasteiger partial charge in [0.2, 0.25) is 0 Å². The van der Waals surface area contributed by atoms with Crippen LogP contribution in [-0.2, 0) is 0 Å². The van der Waals surface area contributed by atoms with Gasteiger partial charge in [-0.05, 0) is 43.4 Å². The number of nitrogen functional groups attached to an aromatic ring is 1. The van der Waals surface area contributed by atoms with Crippen molar-refractivity contribution in [1.29, 1.82) is 0 Å². The number of rotatable bonds is 3. The Labute approximate surface area is 100 Å². The Morgan fingerprint density at radius 3 is 2.88 bits per heavy atom. The van der Waals surface area contributed by atoms with Gasteiger partial charge < -0.3 is 15.6 Å². The zero-order valence-electron chi connectivity index (χ0n) is 9.03. The lowest BCUT2D eigenvalue weighted by Gasteiger charge is -2.15. The second-order valence-electron chi connectivity index (χ2n) is 4.28. The summed E-state index contributed by atoms with van der Waals surface area (Å²) in [6.07, 6.45) is 3.07. The maximum Gasteiger partial charge on any atom is 0.142 e. The number of hydrogen-bond acceptors (Lipinski definition) is 3. The van der Waals surface area contributed by atoms with Crippen molar-refractivity contribution in [2.24, 2.45) is 5.92 Å². The van der Waals surface area contributed by atoms with Crippen LogP contribution in [0.2, 0.25) is 5.02 Å². The third-order valence-corrected chi connectivity index (χ3v) is 3.25. The van der Waals surface area contributed by atoms with Gasteiger partial charge >= 0.3 is 0 Å². The minimum atomic E-state index is 0.167. The van der Waals surface area contributed by atoms with E-state index in [9.17, 15) is 0 Å². The topological polar surface area (TPSA) is 55.5 Å². The summed E-state index contributed by atoms with van der Waals surface area (Å²) in [7, 11) is 0. The summed E-state index contributed by atoms with van der Waals surface area (Å²) in [5.74, 6) is 1.06. The highest BCUT2D eigenvalue weighted by Crippen LogP contribution is 2.32. The molecule has 2 rings (SSSR count). The normalized spacial score (nSPS) is 24.6. The minimum Gasteiger partial charge on any atom is -0.488 e. The van der Waals surface area contributed by atoms with Gasteiger partial charge in [-0.3, -0.25) is 0 Å². The van der Waals surface area contributed by atoms with Crippen molar-refractivity contribution in [3.63, 3.8) is 0 Å². The second kappa shape index (κ2) is 4.93. The SMILES string of the molecule is Nc1cc(Cl)ccc1O[C@H]1CC[C@H](CO)C1. The standard InChI is InChI=1S/C12H16ClNO2/c13-9-2-4-12(11(14)6-9)16-10-3-1-8(5-10)7-15/h2,4,6,8,10,15H,1,3,5,7,14H2/t8-,10-/m0/s1. The second-order valence-corrected chi connectivity index (χ2v) is 4.72. The number of halogens is 1. The van der Waals surface area contributed by atoms with Crippen LogP contribution in [0.15, 0.2) is 18.2 Å². The van der Waals surface area contributed by atoms with E-state index in [1.807, 2.05) is 0 Å². The fourth-order valence-corrected chi connectivity index (χ4v) is 2.29. The Morgan fingerprint density at radius 2 is 2.25 bits per heavy atom. The van der Waals surface area contributed by atoms with Gasteiger partial charge in [-0.1, -0.05) is 11.6 Å². The van der Waals surface area contributed by atoms with E-state index in [4.69, 9.17) is 27.2 Å². The summed E-state index contributed by atoms with van der Waals surface area (Å²) in [4.78, 5) is 0. The Bertz CT molecular complexity index is 370. The zero-order valence-corrected chi connectivity index (χ0v) is 9.78. The van der Waals surface area contributed by atoms with Crippen LogP contribution in [0, 0.1) is 5.92 Å². The highest BCUT2D eigenvalue weighted by molar-refractivity contribution is 6.30. The molecular formula is C12H16ClNO2. The van der Waals surface area contributed by atoms with Crippen molar-refractivity contribution in [2.75, 3.05) is 12.3 Å². The van der Waals surface area contributed by atoms with E-state index >= 15 is 0 Å². The molecule has 0 aromatic heterocycles. The van der Waals surface area contributed by atoms with Gasteiger partial charge in [0.05, 0.1) is 11.8 Å². The summed E-state index contributed by atoms with van der Waals surface area (Å²) in [5, 5.41) is 9.66. The van der Waals surface area contributed by atoms with Crippen molar-refractivity contribution in [3.05, 3.63) is 23.2 Å². The van der Waals surface area contributed by atoms with Crippen molar-refractivity contribution in [3.8, 4) is 5.75 Å². The molecule has 16 heavy (non-hydrogen) atoms. The fourth-order valence-electron chi connectivity index (χ4n) is 2.11. The fraction of sp³-hybridized carbons (Fsp3) is 0.500. The van der Waals surface area contributed by atoms with E-state index in [0.29, 0.717) is 22.4 Å². The van der Waals surface area contributed by atoms with Crippen molar-refractivity contribution in [1.82, 2.24) is 0 Å². The van der Waals surface area contributed by atoms with E-state index in [1.165, 1.54) is 0 Å². The summed E-state index contributed by atoms with van der Waals surface area (Å²) < 4.78 is 5.80. The summed E-state index contributed by atoms with van der Waals surface area (Å²) in [5.41, 5.74) is 6.38. The molecule has 1 aliphatic carbocycles. The molecule has 0 amide bonds. The molecule has 4 heteroatoms. The molecular weight excluding hydrogens is 226 g/mol. The van der Waals surface area contributed by atoms with Gasteiger partial charge in [-0.25, -0.2) is 0 Å². The van der Waals surface area contributed by atoms with Crippen molar-refractivity contribution in [2.45, 2.75) is 25.4 Å². The molecule has 2 atom stereocenters. The van der Waals surface area contributed by atoms with Crippen LogP contribution in [0.25, 0.3) is 0 Å². The molecule has 1 aliphatic rings. The quantitative estimate of drug-likeness (QED) is 0.800. The average Bonchev–Trinajstić information content (AvgIpc) is 2.70. The largest absolute Gasteiger partial charge is 0.488 e. The molecule has 0 saturated heterocycles. The van der Waals surface area contributed by atoms with Gasteiger partial charge in [-0.15, -0.1) is 0 Å². The smallest absolute Gasteiger partial charge is 0.142 e. The Morgan fingerprint density at radius 1 is 1.44 bits per heavy atom. The molecule has 0 spiro atoms. The predicted molar refractivity (Wildman–Crippen MR) is 64.7 cm³/mol. The van der Waals surface area contributed by atoms with Crippen LogP contribution in [0.5, 0.6) is 5.75 Å². The van der Waals surface area contributed by atoms with Crippen LogP contribution in [0.1, 0.15) is 19.3 Å². The molecule has 1 fully saturated rings. The van der Waals surface area contributed by atoms with E-state index in [-0.39, 0.29) is 12.7 Å². The first-order valence-corrected chi connectivity index (χ1v) is 5.89. The highest BCUT2D eigenvalue weighted by atomic mass is 35.5. The zero-order chi connectivity index (χ0) is 11.5. The lowest BCUT2D eigenvalue weighted by Crippen LogP contribution is -2.14. The summed E-state index contributed by atoms with van der Waals surface area (Å²) >= 11 is 5.81. The predicted octanol–water partition coefficient (Wildman–Crippen LogP) is 2.46. The van der Waals surface area contributed by atoms with Crippen LogP contribution < -0.4 is 10.5 Å². The molecule has 3 N–H and O–H groups in total. The number of aliphatic hydroxyl groups excluding tert-OH is 1. The van der Waals surface area contributed by atoms with Crippen molar-refractivity contribution >= 4 is 17.3 Å². The Hall–Kier alpha value is -0.930. The molecule has 88 valence electrons. The van der Waals surface area contributed by atoms with E-state index in [0.717, 1.165) is 19.3 Å². The lowest BCUT2D eigenvalue weighted by molar-refractivity contribution is 0.184. The monoisotopic (exact) mass is 241 g/mol. The molecule has 0 unspecified atom stereocenters. The first kappa shape index (κ1) is 11.6. The van der Waals surface area contributed by atoms with Crippen LogP contribution in [-0.4, -0.2) is 17.8 Å². The molecule has 0 aliphatic heterocycles. The van der Waals surface area contributed by atoms with Gasteiger partial charge in [-0.2, -0.15) is 0 Å². The molecule has 1 saturated carbocycles. The van der Waals surface area contributed by atoms with E-state index < -0.39 is 0 Å². The van der Waals surface area contributed by atoms with Crippen LogP contribution in [0.4, 0.5) is 5.69 Å². The third-order valence-electron chi connectivity index (χ3n) is 3.02. The number of ether oxygens (including phenoxy) is 1. The Balaban J connectivity index is 1.99. The lowest BCUT2D eigenvalue weighted by atomic mass is 10.1. The van der Waals surface area contributed by atoms with Gasteiger partial charge in [0.1, 0.15) is 5.75 Å². The van der Waals surface area contributed by atoms with Gasteiger partial charge in [0.25, 0.3) is 0 Å². The molecule has 0 heterocycles. The van der Waals surface area contributed by atoms with E-state index in [1.54, 1.807) is 18.2 Å². The first-order valence-electron chi connectivity index (χ1n) is 5.51. The number of aliphatic hydroxyl groups is 1. The Kier molecular flexibility index (Phi) is 3.56. The third kappa shape index (κ3) is 2.60. The van der Waals surface area contributed by atoms with Crippen LogP contribution >= 0.6 is 11.6 Å². The van der Waals surface area contributed by atoms with E-state index in [2.05, 4.69) is 0 Å². The number of hydrogen-bond donors (Lipinski definition) is 2. The molecule has 0 bridgehead atoms.